The molecular weight excluding hydrogens is 671 g/mol. The number of nitrogens with zero attached hydrogens (tertiary/aromatic N) is 3. The van der Waals surface area contributed by atoms with E-state index in [-0.39, 0.29) is 41.1 Å². The number of amides is 4. The Balaban J connectivity index is 0.846. The standard InChI is InChI=1S/C38H45N5O7S/c1-38-12-4-13-43(38)36(46)28-21-31(48-2)32(22-29(28)39-23-38)49-16-3-5-34(44)40-26-9-6-24(7-10-26)35(45)41-27-11-8-25-19-33(50-30(25)20-27)37(47)42-14-17-51-18-15-42/h8,11,19-24,26H,3-7,9-10,12-18H2,1-2H3,(H,40,44)(H,41,45)/t24-,26-,38-/m0/s1. The van der Waals surface area contributed by atoms with Crippen LogP contribution < -0.4 is 20.1 Å². The van der Waals surface area contributed by atoms with Crippen LogP contribution in [0.4, 0.5) is 11.4 Å². The first kappa shape index (κ1) is 34.9. The molecule has 1 aliphatic carbocycles. The molecule has 3 aromatic rings. The summed E-state index contributed by atoms with van der Waals surface area (Å²) in [4.78, 5) is 60.4. The minimum Gasteiger partial charge on any atom is -0.493 e. The molecule has 1 aromatic heterocycles. The van der Waals surface area contributed by atoms with Crippen LogP contribution in [-0.2, 0) is 9.59 Å². The van der Waals surface area contributed by atoms with Gasteiger partial charge < -0.3 is 34.3 Å². The summed E-state index contributed by atoms with van der Waals surface area (Å²) in [5, 5.41) is 6.96. The maximum Gasteiger partial charge on any atom is 0.289 e. The number of anilines is 1. The number of furan rings is 1. The first-order valence-corrected chi connectivity index (χ1v) is 19.1. The van der Waals surface area contributed by atoms with Gasteiger partial charge in [0.15, 0.2) is 17.3 Å². The highest BCUT2D eigenvalue weighted by Gasteiger charge is 2.41. The quantitative estimate of drug-likeness (QED) is 0.251. The van der Waals surface area contributed by atoms with Crippen molar-refractivity contribution in [3.8, 4) is 11.5 Å². The number of hydrogen-bond donors (Lipinski definition) is 2. The first-order chi connectivity index (χ1) is 24.7. The van der Waals surface area contributed by atoms with Gasteiger partial charge in [0.05, 0.1) is 30.5 Å². The van der Waals surface area contributed by atoms with Gasteiger partial charge in [-0.15, -0.1) is 0 Å². The molecule has 4 aliphatic rings. The first-order valence-electron chi connectivity index (χ1n) is 17.9. The number of methoxy groups -OCH3 is 1. The van der Waals surface area contributed by atoms with E-state index in [9.17, 15) is 19.2 Å². The van der Waals surface area contributed by atoms with E-state index in [1.165, 1.54) is 0 Å². The lowest BCUT2D eigenvalue weighted by Crippen LogP contribution is -2.45. The van der Waals surface area contributed by atoms with Crippen molar-refractivity contribution in [2.24, 2.45) is 10.9 Å². The van der Waals surface area contributed by atoms with E-state index in [4.69, 9.17) is 13.9 Å². The van der Waals surface area contributed by atoms with Gasteiger partial charge >= 0.3 is 0 Å². The molecule has 0 unspecified atom stereocenters. The van der Waals surface area contributed by atoms with Gasteiger partial charge in [-0.1, -0.05) is 0 Å². The Morgan fingerprint density at radius 2 is 1.84 bits per heavy atom. The van der Waals surface area contributed by atoms with Crippen LogP contribution in [0.1, 0.15) is 79.2 Å². The molecule has 2 aromatic carbocycles. The number of hydrogen-bond acceptors (Lipinski definition) is 9. The minimum atomic E-state index is -0.388. The van der Waals surface area contributed by atoms with E-state index < -0.39 is 0 Å². The molecule has 0 bridgehead atoms. The molecule has 3 fully saturated rings. The number of thioether (sulfide) groups is 1. The molecule has 2 N–H and O–H groups in total. The minimum absolute atomic E-state index is 0.0218. The smallest absolute Gasteiger partial charge is 0.289 e. The zero-order valence-corrected chi connectivity index (χ0v) is 30.0. The Labute approximate surface area is 301 Å². The summed E-state index contributed by atoms with van der Waals surface area (Å²) in [6, 6.07) is 10.7. The van der Waals surface area contributed by atoms with Crippen molar-refractivity contribution in [2.45, 2.75) is 69.9 Å². The van der Waals surface area contributed by atoms with Gasteiger partial charge in [0.2, 0.25) is 11.8 Å². The van der Waals surface area contributed by atoms with Crippen molar-refractivity contribution in [2.75, 3.05) is 50.2 Å². The molecule has 0 spiro atoms. The number of carbonyl (C=O) groups excluding carboxylic acids is 4. The third-order valence-corrected chi connectivity index (χ3v) is 11.4. The van der Waals surface area contributed by atoms with Crippen molar-refractivity contribution in [3.05, 3.63) is 47.7 Å². The lowest BCUT2D eigenvalue weighted by Gasteiger charge is -2.30. The Hall–Kier alpha value is -4.52. The zero-order valence-electron chi connectivity index (χ0n) is 29.2. The number of fused-ring (bicyclic) bond motifs is 3. The van der Waals surface area contributed by atoms with Crippen molar-refractivity contribution in [3.63, 3.8) is 0 Å². The Morgan fingerprint density at radius 3 is 2.63 bits per heavy atom. The van der Waals surface area contributed by atoms with Gasteiger partial charge in [0.1, 0.15) is 5.58 Å². The van der Waals surface area contributed by atoms with Crippen LogP contribution in [-0.4, -0.2) is 96.1 Å². The van der Waals surface area contributed by atoms with Gasteiger partial charge in [-0.2, -0.15) is 11.8 Å². The average Bonchev–Trinajstić information content (AvgIpc) is 3.73. The second kappa shape index (κ2) is 15.0. The number of rotatable bonds is 10. The molecule has 13 heteroatoms. The van der Waals surface area contributed by atoms with Crippen LogP contribution in [0.25, 0.3) is 11.0 Å². The number of benzene rings is 2. The topological polar surface area (TPSA) is 143 Å². The van der Waals surface area contributed by atoms with E-state index in [1.54, 1.807) is 31.4 Å². The van der Waals surface area contributed by atoms with E-state index in [0.29, 0.717) is 78.6 Å². The highest BCUT2D eigenvalue weighted by atomic mass is 32.2. The second-order valence-corrected chi connectivity index (χ2v) is 15.2. The summed E-state index contributed by atoms with van der Waals surface area (Å²) in [7, 11) is 1.54. The molecule has 51 heavy (non-hydrogen) atoms. The maximum absolute atomic E-state index is 13.3. The largest absolute Gasteiger partial charge is 0.493 e. The third kappa shape index (κ3) is 7.58. The number of nitrogens with one attached hydrogen (secondary N) is 2. The molecule has 12 nitrogen and oxygen atoms in total. The maximum atomic E-state index is 13.3. The molecule has 270 valence electrons. The van der Waals surface area contributed by atoms with Gasteiger partial charge in [0.25, 0.3) is 11.8 Å². The predicted molar refractivity (Wildman–Crippen MR) is 197 cm³/mol. The van der Waals surface area contributed by atoms with Crippen LogP contribution >= 0.6 is 11.8 Å². The van der Waals surface area contributed by atoms with Crippen LogP contribution in [0.15, 0.2) is 45.8 Å². The Morgan fingerprint density at radius 1 is 1.04 bits per heavy atom. The molecule has 3 aliphatic heterocycles. The summed E-state index contributed by atoms with van der Waals surface area (Å²) >= 11 is 1.85. The highest BCUT2D eigenvalue weighted by molar-refractivity contribution is 7.99. The summed E-state index contributed by atoms with van der Waals surface area (Å²) in [5.41, 5.74) is 1.87. The fourth-order valence-corrected chi connectivity index (χ4v) is 8.41. The van der Waals surface area contributed by atoms with Crippen molar-refractivity contribution in [1.82, 2.24) is 15.1 Å². The van der Waals surface area contributed by atoms with Gasteiger partial charge in [-0.05, 0) is 76.1 Å². The van der Waals surface area contributed by atoms with Crippen molar-refractivity contribution >= 4 is 63.9 Å². The zero-order chi connectivity index (χ0) is 35.5. The van der Waals surface area contributed by atoms with Gasteiger partial charge in [0, 0.05) is 78.9 Å². The van der Waals surface area contributed by atoms with E-state index in [1.807, 2.05) is 46.8 Å². The fourth-order valence-electron chi connectivity index (χ4n) is 7.50. The lowest BCUT2D eigenvalue weighted by atomic mass is 9.85. The van der Waals surface area contributed by atoms with Gasteiger partial charge in [-0.25, -0.2) is 0 Å². The van der Waals surface area contributed by atoms with Crippen LogP contribution in [0.5, 0.6) is 11.5 Å². The van der Waals surface area contributed by atoms with Crippen molar-refractivity contribution < 1.29 is 33.1 Å². The second-order valence-electron chi connectivity index (χ2n) is 14.0. The SMILES string of the molecule is COc1cc2c(cc1OCCCC(=O)N[C@H]1CC[C@H](C(=O)Nc3ccc4cc(C(=O)N5CCSCC5)oc4c3)CC1)N=C[C@]1(C)CCCN1C2=O. The Bertz CT molecular complexity index is 1850. The monoisotopic (exact) mass is 715 g/mol. The van der Waals surface area contributed by atoms with Crippen LogP contribution in [0.3, 0.4) is 0 Å². The third-order valence-electron chi connectivity index (χ3n) is 10.5. The number of carbonyl (C=O) groups is 4. The predicted octanol–water partition coefficient (Wildman–Crippen LogP) is 5.81. The fraction of sp³-hybridized carbons (Fsp3) is 0.500. The molecule has 0 radical (unpaired) electrons. The van der Waals surface area contributed by atoms with E-state index in [2.05, 4.69) is 15.6 Å². The molecule has 2 saturated heterocycles. The highest BCUT2D eigenvalue weighted by Crippen LogP contribution is 2.40. The van der Waals surface area contributed by atoms with E-state index >= 15 is 0 Å². The summed E-state index contributed by atoms with van der Waals surface area (Å²) in [6.45, 7) is 4.48. The average molecular weight is 716 g/mol. The molecular formula is C38H45N5O7S. The molecule has 4 heterocycles. The normalized spacial score (nSPS) is 23.0. The summed E-state index contributed by atoms with van der Waals surface area (Å²) in [5.74, 6) is 2.73. The number of aliphatic imine (C=N–C) groups is 1. The van der Waals surface area contributed by atoms with E-state index in [0.717, 1.165) is 55.7 Å². The van der Waals surface area contributed by atoms with Crippen LogP contribution in [0.2, 0.25) is 0 Å². The Kier molecular flexibility index (Phi) is 10.3. The number of ether oxygens (including phenoxy) is 2. The lowest BCUT2D eigenvalue weighted by molar-refractivity contribution is -0.122. The van der Waals surface area contributed by atoms with Crippen molar-refractivity contribution in [1.29, 1.82) is 0 Å². The molecule has 4 amide bonds. The van der Waals surface area contributed by atoms with Crippen LogP contribution in [0, 0.1) is 5.92 Å². The summed E-state index contributed by atoms with van der Waals surface area (Å²) in [6.07, 6.45) is 7.30. The van der Waals surface area contributed by atoms with Gasteiger partial charge in [-0.3, -0.25) is 24.2 Å². The molecule has 1 saturated carbocycles. The molecule has 1 atom stereocenters. The summed E-state index contributed by atoms with van der Waals surface area (Å²) < 4.78 is 17.4. The molecule has 7 rings (SSSR count).